The number of hydrogen-bond donors (Lipinski definition) is 1. The van der Waals surface area contributed by atoms with E-state index in [0.717, 1.165) is 4.90 Å². The number of fused-ring (bicyclic) bond motifs is 1. The second-order valence-electron chi connectivity index (χ2n) is 6.53. The second-order valence-corrected chi connectivity index (χ2v) is 6.53. The Hall–Kier alpha value is -3.12. The first-order valence-corrected chi connectivity index (χ1v) is 7.95. The highest BCUT2D eigenvalue weighted by Gasteiger charge is 2.72. The van der Waals surface area contributed by atoms with Gasteiger partial charge in [0.25, 0.3) is 11.8 Å². The fourth-order valence-electron chi connectivity index (χ4n) is 3.43. The average Bonchev–Trinajstić information content (AvgIpc) is 3.28. The van der Waals surface area contributed by atoms with Crippen molar-refractivity contribution in [1.82, 2.24) is 25.3 Å². The van der Waals surface area contributed by atoms with E-state index in [1.165, 1.54) is 18.3 Å². The molecule has 2 aromatic heterocycles. The molecule has 148 valence electrons. The maximum absolute atomic E-state index is 15.3. The van der Waals surface area contributed by atoms with Gasteiger partial charge in [0, 0.05) is 6.20 Å². The summed E-state index contributed by atoms with van der Waals surface area (Å²) in [6.07, 6.45) is -3.65. The highest BCUT2D eigenvalue weighted by Crippen LogP contribution is 2.47. The van der Waals surface area contributed by atoms with Gasteiger partial charge in [0.2, 0.25) is 5.67 Å². The number of halogens is 5. The number of carbonyl (C=O) groups excluding carboxylic acids is 2. The molecule has 13 heteroatoms. The topological polar surface area (TPSA) is 95.1 Å². The van der Waals surface area contributed by atoms with Crippen LogP contribution in [-0.4, -0.2) is 68.1 Å². The summed E-state index contributed by atoms with van der Waals surface area (Å²) in [5.74, 6) is -2.59. The third-order valence-electron chi connectivity index (χ3n) is 4.79. The third kappa shape index (κ3) is 2.45. The van der Waals surface area contributed by atoms with Gasteiger partial charge in [0.05, 0.1) is 19.6 Å². The molecule has 2 fully saturated rings. The molecule has 2 aliphatic heterocycles. The highest BCUT2D eigenvalue weighted by atomic mass is 19.4. The van der Waals surface area contributed by atoms with Crippen LogP contribution < -0.4 is 4.90 Å². The average molecular weight is 402 g/mol. The number of likely N-dealkylation sites (tertiary alicyclic amines) is 1. The van der Waals surface area contributed by atoms with E-state index < -0.39 is 60.4 Å². The Morgan fingerprint density at radius 1 is 1.14 bits per heavy atom. The van der Waals surface area contributed by atoms with Crippen LogP contribution in [0.4, 0.5) is 27.8 Å². The number of nitrogens with zero attached hydrogens (tertiary/aromatic N) is 5. The number of alkyl halides is 5. The van der Waals surface area contributed by atoms with Gasteiger partial charge < -0.3 is 4.90 Å². The minimum Gasteiger partial charge on any atom is -0.330 e. The van der Waals surface area contributed by atoms with Gasteiger partial charge in [-0.15, -0.1) is 0 Å². The molecule has 0 saturated carbocycles. The molecule has 2 aromatic rings. The van der Waals surface area contributed by atoms with Gasteiger partial charge in [-0.05, 0) is 12.1 Å². The number of aromatic amines is 1. The molecule has 2 saturated heterocycles. The Bertz CT molecular complexity index is 950. The number of amides is 2. The molecule has 28 heavy (non-hydrogen) atoms. The lowest BCUT2D eigenvalue weighted by Gasteiger charge is -2.21. The van der Waals surface area contributed by atoms with Crippen molar-refractivity contribution in [2.24, 2.45) is 0 Å². The smallest absolute Gasteiger partial charge is 0.330 e. The van der Waals surface area contributed by atoms with Gasteiger partial charge in [-0.3, -0.25) is 14.5 Å². The fourth-order valence-corrected chi connectivity index (χ4v) is 3.43. The summed E-state index contributed by atoms with van der Waals surface area (Å²) in [5.41, 5.74) is -8.63. The van der Waals surface area contributed by atoms with E-state index in [-0.39, 0.29) is 5.82 Å². The van der Waals surface area contributed by atoms with Crippen molar-refractivity contribution >= 4 is 17.6 Å². The van der Waals surface area contributed by atoms with E-state index in [2.05, 4.69) is 15.2 Å². The van der Waals surface area contributed by atoms with Crippen molar-refractivity contribution in [3.8, 4) is 0 Å². The Morgan fingerprint density at radius 3 is 2.50 bits per heavy atom. The van der Waals surface area contributed by atoms with Gasteiger partial charge in [-0.2, -0.15) is 28.6 Å². The molecule has 0 radical (unpaired) electrons. The maximum atomic E-state index is 15.3. The van der Waals surface area contributed by atoms with E-state index in [1.54, 1.807) is 11.3 Å². The monoisotopic (exact) mass is 402 g/mol. The first-order valence-electron chi connectivity index (χ1n) is 7.95. The maximum Gasteiger partial charge on any atom is 0.437 e. The van der Waals surface area contributed by atoms with Crippen molar-refractivity contribution in [3.05, 3.63) is 35.8 Å². The zero-order valence-electron chi connectivity index (χ0n) is 13.9. The lowest BCUT2D eigenvalue weighted by atomic mass is 9.93. The van der Waals surface area contributed by atoms with Crippen molar-refractivity contribution in [3.63, 3.8) is 0 Å². The van der Waals surface area contributed by atoms with E-state index in [1.807, 2.05) is 0 Å². The molecule has 8 nitrogen and oxygen atoms in total. The zero-order valence-corrected chi connectivity index (χ0v) is 13.9. The number of H-pyrrole nitrogens is 1. The molecule has 2 amide bonds. The minimum absolute atomic E-state index is 0.0321. The van der Waals surface area contributed by atoms with Crippen molar-refractivity contribution in [1.29, 1.82) is 0 Å². The van der Waals surface area contributed by atoms with E-state index >= 15 is 8.78 Å². The molecule has 0 unspecified atom stereocenters. The van der Waals surface area contributed by atoms with Crippen molar-refractivity contribution < 1.29 is 31.5 Å². The standard InChI is InChI=1S/C15H11F5N6O2/c16-13-5-25(11(27)9-10(15(18,19)20)23-24-22-9)7-14(13,17)12(28)26(6-13)8-3-1-2-4-21-8/h1-4H,5-7H2,(H,22,23,24)/t13-,14+/m0/s1. The fraction of sp³-hybridized carbons (Fsp3) is 0.400. The Balaban J connectivity index is 1.62. The molecule has 4 rings (SSSR count). The normalized spacial score (nSPS) is 27.4. The quantitative estimate of drug-likeness (QED) is 0.761. The first-order chi connectivity index (χ1) is 13.1. The van der Waals surface area contributed by atoms with E-state index in [4.69, 9.17) is 0 Å². The van der Waals surface area contributed by atoms with Crippen LogP contribution in [0.2, 0.25) is 0 Å². The molecule has 2 aliphatic rings. The van der Waals surface area contributed by atoms with Crippen molar-refractivity contribution in [2.75, 3.05) is 24.5 Å². The number of nitrogens with one attached hydrogen (secondary N) is 1. The molecule has 0 spiro atoms. The van der Waals surface area contributed by atoms with Gasteiger partial charge in [-0.25, -0.2) is 13.8 Å². The lowest BCUT2D eigenvalue weighted by molar-refractivity contribution is -0.141. The molecule has 1 N–H and O–H groups in total. The van der Waals surface area contributed by atoms with Crippen LogP contribution in [0.5, 0.6) is 0 Å². The van der Waals surface area contributed by atoms with Gasteiger partial charge >= 0.3 is 6.18 Å². The molecule has 0 aromatic carbocycles. The first kappa shape index (κ1) is 18.3. The van der Waals surface area contributed by atoms with Crippen LogP contribution in [0, 0.1) is 0 Å². The van der Waals surface area contributed by atoms with E-state index in [0.29, 0.717) is 4.90 Å². The van der Waals surface area contributed by atoms with Crippen molar-refractivity contribution in [2.45, 2.75) is 17.5 Å². The summed E-state index contributed by atoms with van der Waals surface area (Å²) < 4.78 is 69.4. The SMILES string of the molecule is O=C(c1n[nH]nc1C(F)(F)F)N1C[C@]2(F)CN(c3ccccn3)C(=O)[C@]2(F)C1. The van der Waals surface area contributed by atoms with Crippen LogP contribution in [-0.2, 0) is 11.0 Å². The van der Waals surface area contributed by atoms with Gasteiger partial charge in [0.1, 0.15) is 5.82 Å². The summed E-state index contributed by atoms with van der Waals surface area (Å²) >= 11 is 0. The van der Waals surface area contributed by atoms with Crippen LogP contribution in [0.15, 0.2) is 24.4 Å². The number of rotatable bonds is 2. The lowest BCUT2D eigenvalue weighted by Crippen LogP contribution is -2.47. The number of hydrogen-bond acceptors (Lipinski definition) is 5. The van der Waals surface area contributed by atoms with Gasteiger partial charge in [-0.1, -0.05) is 6.07 Å². The molecule has 2 atom stereocenters. The third-order valence-corrected chi connectivity index (χ3v) is 4.79. The Labute approximate surface area is 153 Å². The molecule has 0 aliphatic carbocycles. The number of anilines is 1. The molecular weight excluding hydrogens is 391 g/mol. The van der Waals surface area contributed by atoms with Gasteiger partial charge in [0.15, 0.2) is 17.1 Å². The summed E-state index contributed by atoms with van der Waals surface area (Å²) in [7, 11) is 0. The number of aromatic nitrogens is 4. The summed E-state index contributed by atoms with van der Waals surface area (Å²) in [6.45, 7) is -2.69. The Kier molecular flexibility index (Phi) is 3.71. The summed E-state index contributed by atoms with van der Waals surface area (Å²) in [6, 6.07) is 4.47. The largest absolute Gasteiger partial charge is 0.437 e. The van der Waals surface area contributed by atoms with Crippen LogP contribution in [0.25, 0.3) is 0 Å². The zero-order chi connectivity index (χ0) is 20.3. The van der Waals surface area contributed by atoms with E-state index in [9.17, 15) is 22.8 Å². The minimum atomic E-state index is -4.99. The van der Waals surface area contributed by atoms with Crippen LogP contribution in [0.3, 0.4) is 0 Å². The number of carbonyl (C=O) groups is 2. The Morgan fingerprint density at radius 2 is 1.89 bits per heavy atom. The predicted octanol–water partition coefficient (Wildman–Crippen LogP) is 1.14. The highest BCUT2D eigenvalue weighted by molar-refractivity contribution is 6.05. The summed E-state index contributed by atoms with van der Waals surface area (Å²) in [4.78, 5) is 30.1. The predicted molar refractivity (Wildman–Crippen MR) is 81.6 cm³/mol. The van der Waals surface area contributed by atoms with Crippen LogP contribution >= 0.6 is 0 Å². The molecule has 0 bridgehead atoms. The number of pyridine rings is 1. The molecule has 4 heterocycles. The second kappa shape index (κ2) is 5.69. The summed E-state index contributed by atoms with van der Waals surface area (Å²) in [5, 5.41) is 7.70. The van der Waals surface area contributed by atoms with Crippen LogP contribution in [0.1, 0.15) is 16.2 Å². The molecular formula is C15H11F5N6O2.